The van der Waals surface area contributed by atoms with Crippen molar-refractivity contribution in [2.45, 2.75) is 19.9 Å². The highest BCUT2D eigenvalue weighted by atomic mass is 32.1. The van der Waals surface area contributed by atoms with Crippen molar-refractivity contribution in [1.29, 1.82) is 0 Å². The summed E-state index contributed by atoms with van der Waals surface area (Å²) in [6.07, 6.45) is 1.86. The highest BCUT2D eigenvalue weighted by Crippen LogP contribution is 2.31. The van der Waals surface area contributed by atoms with E-state index in [9.17, 15) is 4.39 Å². The second-order valence-electron chi connectivity index (χ2n) is 4.60. The summed E-state index contributed by atoms with van der Waals surface area (Å²) < 4.78 is 19.1. The number of fused-ring (bicyclic) bond motifs is 1. The van der Waals surface area contributed by atoms with Crippen LogP contribution in [0.3, 0.4) is 0 Å². The Labute approximate surface area is 120 Å². The third-order valence-electron chi connectivity index (χ3n) is 3.11. The Morgan fingerprint density at radius 1 is 1.40 bits per heavy atom. The Morgan fingerprint density at radius 3 is 2.95 bits per heavy atom. The maximum Gasteiger partial charge on any atom is 0.134 e. The van der Waals surface area contributed by atoms with E-state index in [1.165, 1.54) is 12.1 Å². The first kappa shape index (κ1) is 13.3. The van der Waals surface area contributed by atoms with E-state index in [0.717, 1.165) is 27.6 Å². The van der Waals surface area contributed by atoms with Gasteiger partial charge in [0, 0.05) is 16.5 Å². The lowest BCUT2D eigenvalue weighted by Crippen LogP contribution is -2.20. The third kappa shape index (κ3) is 2.46. The first-order valence-corrected chi connectivity index (χ1v) is 7.33. The smallest absolute Gasteiger partial charge is 0.134 e. The molecule has 0 aliphatic heterocycles. The molecular formula is C15H15FN2OS. The van der Waals surface area contributed by atoms with Gasteiger partial charge in [-0.1, -0.05) is 6.92 Å². The fraction of sp³-hybridized carbons (Fsp3) is 0.267. The Bertz CT molecular complexity index is 734. The third-order valence-corrected chi connectivity index (χ3v) is 4.09. The molecule has 1 N–H and O–H groups in total. The summed E-state index contributed by atoms with van der Waals surface area (Å²) in [6.45, 7) is 4.83. The van der Waals surface area contributed by atoms with Crippen LogP contribution in [-0.4, -0.2) is 11.5 Å². The van der Waals surface area contributed by atoms with Crippen LogP contribution in [0.15, 0.2) is 34.9 Å². The van der Waals surface area contributed by atoms with Crippen molar-refractivity contribution in [3.63, 3.8) is 0 Å². The van der Waals surface area contributed by atoms with E-state index in [4.69, 9.17) is 4.42 Å². The lowest BCUT2D eigenvalue weighted by Gasteiger charge is -2.12. The fourth-order valence-corrected chi connectivity index (χ4v) is 3.10. The van der Waals surface area contributed by atoms with Crippen molar-refractivity contribution in [3.05, 3.63) is 51.9 Å². The van der Waals surface area contributed by atoms with Gasteiger partial charge in [0.2, 0.25) is 0 Å². The summed E-state index contributed by atoms with van der Waals surface area (Å²) in [7, 11) is 0. The molecule has 3 nitrogen and oxygen atoms in total. The van der Waals surface area contributed by atoms with E-state index in [0.29, 0.717) is 5.58 Å². The largest absolute Gasteiger partial charge is 0.459 e. The van der Waals surface area contributed by atoms with Crippen LogP contribution in [0.1, 0.15) is 28.6 Å². The monoisotopic (exact) mass is 290 g/mol. The van der Waals surface area contributed by atoms with Crippen LogP contribution in [0.4, 0.5) is 4.39 Å². The zero-order valence-corrected chi connectivity index (χ0v) is 12.1. The van der Waals surface area contributed by atoms with E-state index in [1.807, 2.05) is 26.1 Å². The predicted molar refractivity (Wildman–Crippen MR) is 78.5 cm³/mol. The molecule has 0 radical (unpaired) electrons. The van der Waals surface area contributed by atoms with E-state index in [2.05, 4.69) is 10.3 Å². The zero-order valence-electron chi connectivity index (χ0n) is 11.3. The van der Waals surface area contributed by atoms with Crippen LogP contribution in [0.5, 0.6) is 0 Å². The Kier molecular flexibility index (Phi) is 3.54. The molecule has 2 heterocycles. The van der Waals surface area contributed by atoms with Crippen LogP contribution in [0.2, 0.25) is 0 Å². The molecule has 3 aromatic rings. The highest BCUT2D eigenvalue weighted by molar-refractivity contribution is 7.11. The standard InChI is InChI=1S/C15H15FN2OS/c1-3-17-15(14-8-18-9(2)20-14)13-7-10-6-11(16)4-5-12(10)19-13/h4-8,15,17H,3H2,1-2H3. The van der Waals surface area contributed by atoms with Gasteiger partial charge in [0.15, 0.2) is 0 Å². The number of rotatable bonds is 4. The lowest BCUT2D eigenvalue weighted by atomic mass is 10.1. The van der Waals surface area contributed by atoms with Gasteiger partial charge in [-0.15, -0.1) is 11.3 Å². The van der Waals surface area contributed by atoms with E-state index in [1.54, 1.807) is 17.4 Å². The molecule has 1 atom stereocenters. The van der Waals surface area contributed by atoms with Gasteiger partial charge >= 0.3 is 0 Å². The van der Waals surface area contributed by atoms with Crippen molar-refractivity contribution >= 4 is 22.3 Å². The van der Waals surface area contributed by atoms with Gasteiger partial charge in [-0.05, 0) is 37.7 Å². The average Bonchev–Trinajstić information content (AvgIpc) is 3.01. The first-order chi connectivity index (χ1) is 9.67. The molecule has 1 aromatic carbocycles. The fourth-order valence-electron chi connectivity index (χ4n) is 2.23. The molecule has 3 rings (SSSR count). The number of furan rings is 1. The SMILES string of the molecule is CCNC(c1cc2cc(F)ccc2o1)c1cnc(C)s1. The van der Waals surface area contributed by atoms with Gasteiger partial charge < -0.3 is 9.73 Å². The lowest BCUT2D eigenvalue weighted by molar-refractivity contribution is 0.480. The summed E-state index contributed by atoms with van der Waals surface area (Å²) >= 11 is 1.64. The number of hydrogen-bond acceptors (Lipinski definition) is 4. The number of hydrogen-bond donors (Lipinski definition) is 1. The predicted octanol–water partition coefficient (Wildman–Crippen LogP) is 4.04. The minimum Gasteiger partial charge on any atom is -0.459 e. The second-order valence-corrected chi connectivity index (χ2v) is 5.87. The summed E-state index contributed by atoms with van der Waals surface area (Å²) in [6, 6.07) is 6.41. The van der Waals surface area contributed by atoms with Crippen LogP contribution < -0.4 is 5.32 Å². The van der Waals surface area contributed by atoms with Gasteiger partial charge in [-0.3, -0.25) is 0 Å². The van der Waals surface area contributed by atoms with Crippen LogP contribution in [0.25, 0.3) is 11.0 Å². The number of aryl methyl sites for hydroxylation is 1. The highest BCUT2D eigenvalue weighted by Gasteiger charge is 2.20. The average molecular weight is 290 g/mol. The number of thiazole rings is 1. The zero-order chi connectivity index (χ0) is 14.1. The minimum absolute atomic E-state index is 0.0401. The molecule has 0 aliphatic rings. The van der Waals surface area contributed by atoms with Crippen molar-refractivity contribution < 1.29 is 8.81 Å². The summed E-state index contributed by atoms with van der Waals surface area (Å²) in [5, 5.41) is 5.19. The molecule has 2 aromatic heterocycles. The van der Waals surface area contributed by atoms with Crippen LogP contribution in [-0.2, 0) is 0 Å². The van der Waals surface area contributed by atoms with E-state index < -0.39 is 0 Å². The molecule has 104 valence electrons. The second kappa shape index (κ2) is 5.34. The van der Waals surface area contributed by atoms with E-state index in [-0.39, 0.29) is 11.9 Å². The molecule has 0 saturated carbocycles. The molecule has 0 spiro atoms. The Morgan fingerprint density at radius 2 is 2.25 bits per heavy atom. The molecule has 5 heteroatoms. The van der Waals surface area contributed by atoms with Crippen LogP contribution >= 0.6 is 11.3 Å². The van der Waals surface area contributed by atoms with Gasteiger partial charge in [-0.25, -0.2) is 9.37 Å². The van der Waals surface area contributed by atoms with Crippen LogP contribution in [0, 0.1) is 12.7 Å². The molecular weight excluding hydrogens is 275 g/mol. The quantitative estimate of drug-likeness (QED) is 0.788. The number of nitrogens with zero attached hydrogens (tertiary/aromatic N) is 1. The Balaban J connectivity index is 2.04. The summed E-state index contributed by atoms with van der Waals surface area (Å²) in [5.41, 5.74) is 0.700. The maximum atomic E-state index is 13.3. The molecule has 0 bridgehead atoms. The maximum absolute atomic E-state index is 13.3. The summed E-state index contributed by atoms with van der Waals surface area (Å²) in [5.74, 6) is 0.537. The van der Waals surface area contributed by atoms with Gasteiger partial charge in [0.25, 0.3) is 0 Å². The van der Waals surface area contributed by atoms with Crippen molar-refractivity contribution in [3.8, 4) is 0 Å². The van der Waals surface area contributed by atoms with Gasteiger partial charge in [0.1, 0.15) is 23.2 Å². The molecule has 0 saturated heterocycles. The summed E-state index contributed by atoms with van der Waals surface area (Å²) in [4.78, 5) is 5.39. The number of aromatic nitrogens is 1. The van der Waals surface area contributed by atoms with Crippen molar-refractivity contribution in [1.82, 2.24) is 10.3 Å². The Hall–Kier alpha value is -1.72. The molecule has 1 unspecified atom stereocenters. The number of benzene rings is 1. The first-order valence-electron chi connectivity index (χ1n) is 6.52. The number of halogens is 1. The normalized spacial score (nSPS) is 12.9. The molecule has 0 amide bonds. The molecule has 0 aliphatic carbocycles. The molecule has 0 fully saturated rings. The number of nitrogens with one attached hydrogen (secondary N) is 1. The van der Waals surface area contributed by atoms with E-state index >= 15 is 0 Å². The van der Waals surface area contributed by atoms with Gasteiger partial charge in [-0.2, -0.15) is 0 Å². The topological polar surface area (TPSA) is 38.1 Å². The van der Waals surface area contributed by atoms with Crippen molar-refractivity contribution in [2.24, 2.45) is 0 Å². The van der Waals surface area contributed by atoms with Gasteiger partial charge in [0.05, 0.1) is 5.01 Å². The minimum atomic E-state index is -0.251. The molecule has 20 heavy (non-hydrogen) atoms. The van der Waals surface area contributed by atoms with Crippen molar-refractivity contribution in [2.75, 3.05) is 6.54 Å².